The number of benzene rings is 5. The fourth-order valence-electron chi connectivity index (χ4n) is 5.88. The molecule has 0 radical (unpaired) electrons. The quantitative estimate of drug-likeness (QED) is 0.108. The fraction of sp³-hybridized carbons (Fsp3) is 0.195. The summed E-state index contributed by atoms with van der Waals surface area (Å²) in [6.45, 7) is 0.363. The van der Waals surface area contributed by atoms with E-state index >= 15 is 0 Å². The van der Waals surface area contributed by atoms with Gasteiger partial charge in [-0.2, -0.15) is 0 Å². The van der Waals surface area contributed by atoms with E-state index in [2.05, 4.69) is 45.1 Å². The maximum absolute atomic E-state index is 12.7. The van der Waals surface area contributed by atoms with Crippen molar-refractivity contribution in [2.75, 3.05) is 11.1 Å². The number of nitrogens with zero attached hydrogens (tertiary/aromatic N) is 3. The molecule has 0 aliphatic carbocycles. The van der Waals surface area contributed by atoms with Crippen molar-refractivity contribution >= 4 is 23.5 Å². The largest absolute Gasteiger partial charge is 0.457 e. The molecule has 6 aromatic rings. The number of aliphatic hydroxyl groups is 1. The number of carbonyl (C=O) groups excluding carboxylic acids is 1. The number of hydrogen-bond acceptors (Lipinski definition) is 8. The molecular weight excluding hydrogens is 675 g/mol. The van der Waals surface area contributed by atoms with Gasteiger partial charge in [-0.3, -0.25) is 0 Å². The molecule has 52 heavy (non-hydrogen) atoms. The van der Waals surface area contributed by atoms with E-state index in [4.69, 9.17) is 14.2 Å². The molecule has 3 N–H and O–H groups in total. The Kier molecular flexibility index (Phi) is 11.2. The second-order valence-corrected chi connectivity index (χ2v) is 13.4. The van der Waals surface area contributed by atoms with Crippen molar-refractivity contribution in [1.82, 2.24) is 20.1 Å². The molecule has 7 rings (SSSR count). The van der Waals surface area contributed by atoms with E-state index in [0.717, 1.165) is 44.3 Å². The molecule has 2 heterocycles. The Labute approximate surface area is 306 Å². The number of aryl methyl sites for hydroxylation is 1. The van der Waals surface area contributed by atoms with Crippen LogP contribution >= 0.6 is 11.8 Å². The van der Waals surface area contributed by atoms with Crippen LogP contribution in [-0.2, 0) is 29.7 Å². The van der Waals surface area contributed by atoms with Crippen molar-refractivity contribution in [3.8, 4) is 22.6 Å². The zero-order valence-corrected chi connectivity index (χ0v) is 29.4. The molecule has 0 spiro atoms. The molecule has 10 nitrogen and oxygen atoms in total. The molecule has 1 aliphatic heterocycles. The summed E-state index contributed by atoms with van der Waals surface area (Å²) >= 11 is 1.61. The predicted molar refractivity (Wildman–Crippen MR) is 201 cm³/mol. The van der Waals surface area contributed by atoms with Crippen molar-refractivity contribution in [3.05, 3.63) is 156 Å². The van der Waals surface area contributed by atoms with E-state index in [-0.39, 0.29) is 24.8 Å². The van der Waals surface area contributed by atoms with Crippen LogP contribution in [0.4, 0.5) is 10.5 Å². The average molecular weight is 714 g/mol. The first kappa shape index (κ1) is 35.0. The van der Waals surface area contributed by atoms with Gasteiger partial charge in [-0.1, -0.05) is 96.7 Å². The molecular formula is C41H39N5O5S. The zero-order chi connectivity index (χ0) is 35.7. The Morgan fingerprint density at radius 2 is 1.60 bits per heavy atom. The number of aromatic nitrogens is 3. The molecule has 264 valence electrons. The van der Waals surface area contributed by atoms with Gasteiger partial charge in [0, 0.05) is 37.0 Å². The highest BCUT2D eigenvalue weighted by atomic mass is 32.2. The number of ether oxygens (including phenoxy) is 3. The van der Waals surface area contributed by atoms with Crippen molar-refractivity contribution in [2.24, 2.45) is 7.05 Å². The van der Waals surface area contributed by atoms with Crippen molar-refractivity contribution in [1.29, 1.82) is 0 Å². The Hall–Kier alpha value is -5.46. The van der Waals surface area contributed by atoms with Gasteiger partial charge in [-0.05, 0) is 70.3 Å². The number of nitrogens with one attached hydrogen (secondary N) is 2. The summed E-state index contributed by atoms with van der Waals surface area (Å²) in [6.07, 6.45) is 1.56. The number of aliphatic hydroxyl groups excluding tert-OH is 1. The molecule has 0 saturated carbocycles. The van der Waals surface area contributed by atoms with E-state index in [0.29, 0.717) is 30.2 Å². The molecule has 5 aromatic carbocycles. The number of hydrogen-bond donors (Lipinski definition) is 3. The van der Waals surface area contributed by atoms with Crippen LogP contribution in [-0.4, -0.2) is 37.8 Å². The van der Waals surface area contributed by atoms with E-state index < -0.39 is 6.29 Å². The average Bonchev–Trinajstić information content (AvgIpc) is 3.61. The number of carbonyl (C=O) groups is 1. The van der Waals surface area contributed by atoms with Crippen molar-refractivity contribution in [3.63, 3.8) is 0 Å². The van der Waals surface area contributed by atoms with E-state index in [1.54, 1.807) is 30.2 Å². The summed E-state index contributed by atoms with van der Waals surface area (Å²) in [4.78, 5) is 12.7. The van der Waals surface area contributed by atoms with Crippen LogP contribution in [0.25, 0.3) is 11.1 Å². The summed E-state index contributed by atoms with van der Waals surface area (Å²) in [5.74, 6) is 2.14. The zero-order valence-electron chi connectivity index (χ0n) is 28.6. The van der Waals surface area contributed by atoms with E-state index in [1.807, 2.05) is 103 Å². The molecule has 1 fully saturated rings. The predicted octanol–water partition coefficient (Wildman–Crippen LogP) is 8.43. The van der Waals surface area contributed by atoms with Crippen LogP contribution in [0.1, 0.15) is 41.1 Å². The minimum Gasteiger partial charge on any atom is -0.457 e. The highest BCUT2D eigenvalue weighted by Gasteiger charge is 2.32. The third-order valence-electron chi connectivity index (χ3n) is 8.67. The molecule has 1 aliphatic rings. The maximum atomic E-state index is 12.7. The first-order chi connectivity index (χ1) is 25.5. The first-order valence-electron chi connectivity index (χ1n) is 17.0. The summed E-state index contributed by atoms with van der Waals surface area (Å²) in [5, 5.41) is 24.4. The topological polar surface area (TPSA) is 120 Å². The van der Waals surface area contributed by atoms with E-state index in [9.17, 15) is 9.90 Å². The highest BCUT2D eigenvalue weighted by Crippen LogP contribution is 2.39. The minimum absolute atomic E-state index is 0.00276. The Morgan fingerprint density at radius 1 is 0.846 bits per heavy atom. The second kappa shape index (κ2) is 16.7. The lowest BCUT2D eigenvalue weighted by atomic mass is 9.99. The SMILES string of the molecule is Cn1cnnc1SC[C@@H]1C[C@H](c2ccc(CO)cc2)O[C@H](c2ccc(-c3cccc(CNC(=O)Nc4ccc(Oc5ccccc5)cc4)c3)cc2)O1. The number of anilines is 1. The van der Waals surface area contributed by atoms with Crippen molar-refractivity contribution in [2.45, 2.75) is 43.2 Å². The van der Waals surface area contributed by atoms with Gasteiger partial charge >= 0.3 is 6.03 Å². The van der Waals surface area contributed by atoms with Gasteiger partial charge < -0.3 is 34.5 Å². The van der Waals surface area contributed by atoms with Crippen LogP contribution < -0.4 is 15.4 Å². The summed E-state index contributed by atoms with van der Waals surface area (Å²) < 4.78 is 20.8. The number of thioether (sulfide) groups is 1. The maximum Gasteiger partial charge on any atom is 0.319 e. The molecule has 0 bridgehead atoms. The Bertz CT molecular complexity index is 2060. The van der Waals surface area contributed by atoms with Crippen LogP contribution in [0.5, 0.6) is 11.5 Å². The lowest BCUT2D eigenvalue weighted by Gasteiger charge is -2.36. The van der Waals surface area contributed by atoms with Gasteiger partial charge in [0.25, 0.3) is 0 Å². The standard InChI is InChI=1S/C41H39N5O5S/c1-46-27-43-45-41(46)52-26-37-23-38(31-12-10-28(25-47)11-13-31)51-39(50-37)32-16-14-30(15-17-32)33-7-5-6-29(22-33)24-42-40(48)44-34-18-20-36(21-19-34)49-35-8-3-2-4-9-35/h2-22,27,37-39,47H,23-26H2,1H3,(H2,42,44,48)/t37-,38+,39+/m0/s1. The lowest BCUT2D eigenvalue weighted by Crippen LogP contribution is -2.31. The van der Waals surface area contributed by atoms with Gasteiger partial charge in [-0.25, -0.2) is 4.79 Å². The lowest BCUT2D eigenvalue weighted by molar-refractivity contribution is -0.245. The van der Waals surface area contributed by atoms with Crippen molar-refractivity contribution < 1.29 is 24.1 Å². The molecule has 11 heteroatoms. The number of rotatable bonds is 12. The highest BCUT2D eigenvalue weighted by molar-refractivity contribution is 7.99. The van der Waals surface area contributed by atoms with Crippen LogP contribution in [0.15, 0.2) is 139 Å². The number of para-hydroxylation sites is 1. The Balaban J connectivity index is 0.970. The normalized spacial score (nSPS) is 17.0. The third-order valence-corrected chi connectivity index (χ3v) is 9.84. The van der Waals surface area contributed by atoms with Gasteiger partial charge in [-0.15, -0.1) is 10.2 Å². The van der Waals surface area contributed by atoms with Gasteiger partial charge in [0.1, 0.15) is 17.8 Å². The summed E-state index contributed by atoms with van der Waals surface area (Å²) in [7, 11) is 1.93. The third kappa shape index (κ3) is 9.06. The van der Waals surface area contributed by atoms with Gasteiger partial charge in [0.05, 0.1) is 18.8 Å². The molecule has 2 amide bonds. The monoisotopic (exact) mass is 713 g/mol. The molecule has 0 unspecified atom stereocenters. The van der Waals surface area contributed by atoms with Crippen LogP contribution in [0.3, 0.4) is 0 Å². The summed E-state index contributed by atoms with van der Waals surface area (Å²) in [5.41, 5.74) is 6.53. The van der Waals surface area contributed by atoms with Gasteiger partial charge in [0.15, 0.2) is 11.4 Å². The van der Waals surface area contributed by atoms with Crippen LogP contribution in [0.2, 0.25) is 0 Å². The van der Waals surface area contributed by atoms with Gasteiger partial charge in [0.2, 0.25) is 0 Å². The Morgan fingerprint density at radius 3 is 2.33 bits per heavy atom. The first-order valence-corrected chi connectivity index (χ1v) is 18.0. The smallest absolute Gasteiger partial charge is 0.319 e. The molecule has 3 atom stereocenters. The number of amides is 2. The fourth-order valence-corrected chi connectivity index (χ4v) is 6.78. The minimum atomic E-state index is -0.558. The number of urea groups is 1. The van der Waals surface area contributed by atoms with Crippen LogP contribution in [0, 0.1) is 0 Å². The molecule has 1 aromatic heterocycles. The molecule has 1 saturated heterocycles. The van der Waals surface area contributed by atoms with E-state index in [1.165, 1.54) is 0 Å². The summed E-state index contributed by atoms with van der Waals surface area (Å²) in [6, 6.07) is 40.7. The second-order valence-electron chi connectivity index (χ2n) is 12.5.